The summed E-state index contributed by atoms with van der Waals surface area (Å²) in [4.78, 5) is 17.9. The first kappa shape index (κ1) is 11.8. The Kier molecular flexibility index (Phi) is 3.85. The topological polar surface area (TPSA) is 90.8 Å². The summed E-state index contributed by atoms with van der Waals surface area (Å²) in [7, 11) is 0. The standard InChI is InChI=1S/C10H11N5OS/c11-15-14-9-7(13-10(9)16)4-6-17-8-3-1-2-5-12-8/h1-3,5,7,9H,4,6H2,(H,13,16)/t7-,9-/m1/s1. The Labute approximate surface area is 102 Å². The molecule has 2 atom stereocenters. The van der Waals surface area contributed by atoms with E-state index in [4.69, 9.17) is 5.53 Å². The summed E-state index contributed by atoms with van der Waals surface area (Å²) >= 11 is 1.62. The predicted octanol–water partition coefficient (Wildman–Crippen LogP) is 1.74. The van der Waals surface area contributed by atoms with Crippen molar-refractivity contribution in [3.8, 4) is 0 Å². The van der Waals surface area contributed by atoms with Crippen LogP contribution in [0.25, 0.3) is 10.4 Å². The number of carbonyl (C=O) groups excluding carboxylic acids is 1. The maximum Gasteiger partial charge on any atom is 0.231 e. The van der Waals surface area contributed by atoms with Crippen molar-refractivity contribution in [1.82, 2.24) is 10.3 Å². The van der Waals surface area contributed by atoms with Crippen LogP contribution in [0, 0.1) is 0 Å². The van der Waals surface area contributed by atoms with E-state index in [0.29, 0.717) is 0 Å². The molecule has 0 radical (unpaired) electrons. The molecule has 1 amide bonds. The molecule has 6 nitrogen and oxygen atoms in total. The Morgan fingerprint density at radius 2 is 2.47 bits per heavy atom. The first-order chi connectivity index (χ1) is 8.31. The van der Waals surface area contributed by atoms with Crippen molar-refractivity contribution >= 4 is 17.7 Å². The number of aromatic nitrogens is 1. The van der Waals surface area contributed by atoms with Crippen LogP contribution >= 0.6 is 11.8 Å². The molecule has 1 fully saturated rings. The third kappa shape index (κ3) is 2.89. The minimum absolute atomic E-state index is 0.0328. The molecule has 0 aromatic carbocycles. The van der Waals surface area contributed by atoms with Gasteiger partial charge in [0.05, 0.1) is 5.03 Å². The Morgan fingerprint density at radius 1 is 1.59 bits per heavy atom. The van der Waals surface area contributed by atoms with E-state index >= 15 is 0 Å². The second-order valence-corrected chi connectivity index (χ2v) is 4.69. The molecule has 2 heterocycles. The summed E-state index contributed by atoms with van der Waals surface area (Å²) in [5.74, 6) is 0.648. The van der Waals surface area contributed by atoms with E-state index in [-0.39, 0.29) is 11.9 Å². The van der Waals surface area contributed by atoms with Gasteiger partial charge in [-0.3, -0.25) is 4.79 Å². The number of hydrogen-bond acceptors (Lipinski definition) is 4. The summed E-state index contributed by atoms with van der Waals surface area (Å²) in [5.41, 5.74) is 8.30. The zero-order chi connectivity index (χ0) is 12.1. The molecule has 1 aliphatic heterocycles. The van der Waals surface area contributed by atoms with Crippen LogP contribution in [-0.2, 0) is 4.79 Å². The fourth-order valence-electron chi connectivity index (χ4n) is 1.58. The highest BCUT2D eigenvalue weighted by molar-refractivity contribution is 7.99. The van der Waals surface area contributed by atoms with Gasteiger partial charge in [-0.1, -0.05) is 11.2 Å². The molecule has 0 bridgehead atoms. The quantitative estimate of drug-likeness (QED) is 0.283. The van der Waals surface area contributed by atoms with E-state index in [0.717, 1.165) is 17.2 Å². The van der Waals surface area contributed by atoms with Crippen LogP contribution < -0.4 is 5.32 Å². The lowest BCUT2D eigenvalue weighted by Crippen LogP contribution is -2.61. The fourth-order valence-corrected chi connectivity index (χ4v) is 2.47. The van der Waals surface area contributed by atoms with Gasteiger partial charge in [0, 0.05) is 22.9 Å². The van der Waals surface area contributed by atoms with E-state index < -0.39 is 6.04 Å². The molecule has 0 spiro atoms. The predicted molar refractivity (Wildman–Crippen MR) is 64.4 cm³/mol. The smallest absolute Gasteiger partial charge is 0.231 e. The molecule has 1 saturated heterocycles. The van der Waals surface area contributed by atoms with Gasteiger partial charge in [0.1, 0.15) is 6.04 Å². The first-order valence-electron chi connectivity index (χ1n) is 5.19. The first-order valence-corrected chi connectivity index (χ1v) is 6.18. The van der Waals surface area contributed by atoms with Crippen molar-refractivity contribution in [2.45, 2.75) is 23.5 Å². The molecule has 17 heavy (non-hydrogen) atoms. The number of thioether (sulfide) groups is 1. The lowest BCUT2D eigenvalue weighted by atomic mass is 9.98. The van der Waals surface area contributed by atoms with Crippen molar-refractivity contribution in [1.29, 1.82) is 0 Å². The third-order valence-corrected chi connectivity index (χ3v) is 3.45. The van der Waals surface area contributed by atoms with Gasteiger partial charge in [-0.2, -0.15) is 0 Å². The molecular weight excluding hydrogens is 238 g/mol. The summed E-state index contributed by atoms with van der Waals surface area (Å²) < 4.78 is 0. The summed E-state index contributed by atoms with van der Waals surface area (Å²) in [5, 5.41) is 7.14. The summed E-state index contributed by atoms with van der Waals surface area (Å²) in [6, 6.07) is 5.17. The number of β-lactam (4-membered cyclic amide) rings is 1. The van der Waals surface area contributed by atoms with Crippen LogP contribution in [-0.4, -0.2) is 28.7 Å². The van der Waals surface area contributed by atoms with E-state index in [1.165, 1.54) is 0 Å². The van der Waals surface area contributed by atoms with Crippen LogP contribution in [0.1, 0.15) is 6.42 Å². The number of azide groups is 1. The van der Waals surface area contributed by atoms with Crippen LogP contribution in [0.3, 0.4) is 0 Å². The number of hydrogen-bond donors (Lipinski definition) is 1. The van der Waals surface area contributed by atoms with Gasteiger partial charge in [-0.25, -0.2) is 4.98 Å². The molecule has 0 unspecified atom stereocenters. The van der Waals surface area contributed by atoms with E-state index in [1.807, 2.05) is 18.2 Å². The maximum absolute atomic E-state index is 11.1. The Bertz CT molecular complexity index is 443. The van der Waals surface area contributed by atoms with E-state index in [9.17, 15) is 4.79 Å². The molecule has 1 N–H and O–H groups in total. The SMILES string of the molecule is [N-]=[N+]=N[C@H]1C(=O)N[C@@H]1CCSc1ccccn1. The lowest BCUT2D eigenvalue weighted by molar-refractivity contribution is -0.130. The van der Waals surface area contributed by atoms with Gasteiger partial charge in [0.15, 0.2) is 0 Å². The average molecular weight is 249 g/mol. The zero-order valence-corrected chi connectivity index (χ0v) is 9.80. The number of carbonyl (C=O) groups is 1. The number of amides is 1. The largest absolute Gasteiger partial charge is 0.352 e. The second-order valence-electron chi connectivity index (χ2n) is 3.57. The van der Waals surface area contributed by atoms with Crippen LogP contribution in [0.5, 0.6) is 0 Å². The maximum atomic E-state index is 11.1. The van der Waals surface area contributed by atoms with E-state index in [2.05, 4.69) is 20.3 Å². The highest BCUT2D eigenvalue weighted by Crippen LogP contribution is 2.20. The van der Waals surface area contributed by atoms with Crippen molar-refractivity contribution in [2.75, 3.05) is 5.75 Å². The normalized spacial score (nSPS) is 22.2. The number of pyridine rings is 1. The Morgan fingerprint density at radius 3 is 3.12 bits per heavy atom. The highest BCUT2D eigenvalue weighted by Gasteiger charge is 2.37. The van der Waals surface area contributed by atoms with Crippen molar-refractivity contribution in [3.05, 3.63) is 34.8 Å². The monoisotopic (exact) mass is 249 g/mol. The molecule has 0 saturated carbocycles. The van der Waals surface area contributed by atoms with Crippen molar-refractivity contribution in [3.63, 3.8) is 0 Å². The number of nitrogens with zero attached hydrogens (tertiary/aromatic N) is 4. The van der Waals surface area contributed by atoms with E-state index in [1.54, 1.807) is 18.0 Å². The molecule has 1 aromatic rings. The minimum Gasteiger partial charge on any atom is -0.352 e. The van der Waals surface area contributed by atoms with Gasteiger partial charge < -0.3 is 5.32 Å². The third-order valence-electron chi connectivity index (χ3n) is 2.47. The second kappa shape index (κ2) is 5.56. The lowest BCUT2D eigenvalue weighted by Gasteiger charge is -2.33. The molecule has 1 aliphatic rings. The highest BCUT2D eigenvalue weighted by atomic mass is 32.2. The van der Waals surface area contributed by atoms with Crippen LogP contribution in [0.4, 0.5) is 0 Å². The van der Waals surface area contributed by atoms with Gasteiger partial charge in [0.25, 0.3) is 0 Å². The fraction of sp³-hybridized carbons (Fsp3) is 0.400. The molecule has 2 rings (SSSR count). The molecule has 7 heteroatoms. The van der Waals surface area contributed by atoms with Gasteiger partial charge in [0.2, 0.25) is 5.91 Å². The summed E-state index contributed by atoms with van der Waals surface area (Å²) in [6.07, 6.45) is 2.52. The Hall–Kier alpha value is -1.72. The van der Waals surface area contributed by atoms with Crippen LogP contribution in [0.2, 0.25) is 0 Å². The minimum atomic E-state index is -0.538. The van der Waals surface area contributed by atoms with Crippen LogP contribution in [0.15, 0.2) is 34.5 Å². The van der Waals surface area contributed by atoms with Crippen molar-refractivity contribution < 1.29 is 4.79 Å². The molecule has 88 valence electrons. The molecule has 0 aliphatic carbocycles. The number of nitrogens with one attached hydrogen (secondary N) is 1. The van der Waals surface area contributed by atoms with Gasteiger partial charge in [-0.15, -0.1) is 11.8 Å². The summed E-state index contributed by atoms with van der Waals surface area (Å²) in [6.45, 7) is 0. The average Bonchev–Trinajstić information content (AvgIpc) is 2.36. The Balaban J connectivity index is 1.76. The molecular formula is C10H11N5OS. The van der Waals surface area contributed by atoms with Crippen molar-refractivity contribution in [2.24, 2.45) is 5.11 Å². The zero-order valence-electron chi connectivity index (χ0n) is 8.98. The van der Waals surface area contributed by atoms with Gasteiger partial charge >= 0.3 is 0 Å². The number of rotatable bonds is 5. The molecule has 1 aromatic heterocycles. The van der Waals surface area contributed by atoms with Gasteiger partial charge in [-0.05, 0) is 24.1 Å².